The molecule has 4 heteroatoms. The van der Waals surface area contributed by atoms with E-state index in [0.29, 0.717) is 11.5 Å². The zero-order valence-electron chi connectivity index (χ0n) is 14.1. The van der Waals surface area contributed by atoms with Gasteiger partial charge in [-0.25, -0.2) is 9.59 Å². The lowest BCUT2D eigenvalue weighted by molar-refractivity contribution is -0.129. The Labute approximate surface area is 147 Å². The lowest BCUT2D eigenvalue weighted by Crippen LogP contribution is -2.05. The first-order valence-corrected chi connectivity index (χ1v) is 7.95. The van der Waals surface area contributed by atoms with Crippen LogP contribution in [0.1, 0.15) is 30.4 Å². The van der Waals surface area contributed by atoms with Gasteiger partial charge in [0.15, 0.2) is 0 Å². The van der Waals surface area contributed by atoms with Crippen molar-refractivity contribution in [2.45, 2.75) is 19.3 Å². The van der Waals surface area contributed by atoms with E-state index in [9.17, 15) is 9.59 Å². The van der Waals surface area contributed by atoms with Gasteiger partial charge in [-0.3, -0.25) is 0 Å². The van der Waals surface area contributed by atoms with Crippen molar-refractivity contribution in [1.29, 1.82) is 0 Å². The topological polar surface area (TPSA) is 52.6 Å². The molecule has 4 nitrogen and oxygen atoms in total. The third-order valence-electron chi connectivity index (χ3n) is 3.74. The molecule has 0 aromatic heterocycles. The minimum Gasteiger partial charge on any atom is -0.423 e. The second-order valence-corrected chi connectivity index (χ2v) is 5.35. The molecule has 0 heterocycles. The summed E-state index contributed by atoms with van der Waals surface area (Å²) in [7, 11) is 0. The molecular formula is C21H20O4. The van der Waals surface area contributed by atoms with Gasteiger partial charge in [-0.05, 0) is 41.8 Å². The quantitative estimate of drug-likeness (QED) is 0.427. The van der Waals surface area contributed by atoms with Gasteiger partial charge in [-0.2, -0.15) is 0 Å². The van der Waals surface area contributed by atoms with Gasteiger partial charge in [0.05, 0.1) is 0 Å². The van der Waals surface area contributed by atoms with Gasteiger partial charge in [0.2, 0.25) is 0 Å². The summed E-state index contributed by atoms with van der Waals surface area (Å²) in [6.07, 6.45) is 3.16. The molecule has 0 saturated heterocycles. The number of esters is 2. The Hall–Kier alpha value is -3.14. The van der Waals surface area contributed by atoms with Crippen molar-refractivity contribution in [3.05, 3.63) is 85.0 Å². The Bertz CT molecular complexity index is 692. The minimum atomic E-state index is -0.482. The van der Waals surface area contributed by atoms with Crippen LogP contribution in [-0.4, -0.2) is 11.9 Å². The average molecular weight is 336 g/mol. The predicted octanol–water partition coefficient (Wildman–Crippen LogP) is 4.41. The molecular weight excluding hydrogens is 316 g/mol. The molecule has 0 aliphatic heterocycles. The van der Waals surface area contributed by atoms with Gasteiger partial charge >= 0.3 is 11.9 Å². The predicted molar refractivity (Wildman–Crippen MR) is 96.7 cm³/mol. The lowest BCUT2D eigenvalue weighted by atomic mass is 9.89. The fourth-order valence-electron chi connectivity index (χ4n) is 2.52. The molecule has 2 rings (SSSR count). The molecule has 0 bridgehead atoms. The summed E-state index contributed by atoms with van der Waals surface area (Å²) in [5, 5.41) is 0. The molecule has 0 fully saturated rings. The van der Waals surface area contributed by atoms with Crippen LogP contribution in [0.3, 0.4) is 0 Å². The van der Waals surface area contributed by atoms with Gasteiger partial charge < -0.3 is 9.47 Å². The standard InChI is InChI=1S/C21H20O4/c1-4-19(15-7-11-17(12-8-15)24-20(22)5-2)16-9-13-18(14-10-16)25-21(23)6-3/h5-14,19H,2-4H2,1H3. The van der Waals surface area contributed by atoms with E-state index in [-0.39, 0.29) is 5.92 Å². The van der Waals surface area contributed by atoms with Crippen LogP contribution in [0.25, 0.3) is 0 Å². The van der Waals surface area contributed by atoms with E-state index in [1.807, 2.05) is 24.3 Å². The number of carbonyl (C=O) groups is 2. The van der Waals surface area contributed by atoms with Crippen molar-refractivity contribution in [3.63, 3.8) is 0 Å². The van der Waals surface area contributed by atoms with E-state index in [1.165, 1.54) is 0 Å². The summed E-state index contributed by atoms with van der Waals surface area (Å²) in [6, 6.07) is 14.8. The molecule has 0 atom stereocenters. The molecule has 0 aliphatic carbocycles. The van der Waals surface area contributed by atoms with E-state index >= 15 is 0 Å². The Balaban J connectivity index is 2.15. The smallest absolute Gasteiger partial charge is 0.335 e. The van der Waals surface area contributed by atoms with Gasteiger partial charge in [-0.1, -0.05) is 44.3 Å². The summed E-state index contributed by atoms with van der Waals surface area (Å²) >= 11 is 0. The largest absolute Gasteiger partial charge is 0.423 e. The molecule has 2 aromatic rings. The first kappa shape index (κ1) is 18.2. The van der Waals surface area contributed by atoms with Crippen molar-refractivity contribution >= 4 is 11.9 Å². The number of hydrogen-bond donors (Lipinski definition) is 0. The maximum Gasteiger partial charge on any atom is 0.335 e. The van der Waals surface area contributed by atoms with Gasteiger partial charge in [0.1, 0.15) is 11.5 Å². The first-order valence-electron chi connectivity index (χ1n) is 7.95. The van der Waals surface area contributed by atoms with Crippen molar-refractivity contribution in [1.82, 2.24) is 0 Å². The van der Waals surface area contributed by atoms with Crippen LogP contribution < -0.4 is 9.47 Å². The molecule has 25 heavy (non-hydrogen) atoms. The average Bonchev–Trinajstić information content (AvgIpc) is 2.64. The minimum absolute atomic E-state index is 0.188. The summed E-state index contributed by atoms with van der Waals surface area (Å²) in [4.78, 5) is 22.5. The van der Waals surface area contributed by atoms with Gasteiger partial charge in [0, 0.05) is 18.1 Å². The first-order chi connectivity index (χ1) is 12.1. The number of rotatable bonds is 7. The fraction of sp³-hybridized carbons (Fsp3) is 0.143. The zero-order valence-corrected chi connectivity index (χ0v) is 14.1. The second-order valence-electron chi connectivity index (χ2n) is 5.35. The summed E-state index contributed by atoms with van der Waals surface area (Å²) in [5.74, 6) is 0.188. The van der Waals surface area contributed by atoms with E-state index in [0.717, 1.165) is 29.7 Å². The van der Waals surface area contributed by atoms with Crippen molar-refractivity contribution in [2.75, 3.05) is 0 Å². The molecule has 0 saturated carbocycles. The molecule has 0 aliphatic rings. The molecule has 0 unspecified atom stereocenters. The number of benzene rings is 2. The number of ether oxygens (including phenoxy) is 2. The fourth-order valence-corrected chi connectivity index (χ4v) is 2.52. The molecule has 128 valence electrons. The summed E-state index contributed by atoms with van der Waals surface area (Å²) < 4.78 is 10.2. The highest BCUT2D eigenvalue weighted by Crippen LogP contribution is 2.30. The van der Waals surface area contributed by atoms with Crippen LogP contribution in [0.5, 0.6) is 11.5 Å². The van der Waals surface area contributed by atoms with Crippen molar-refractivity contribution in [3.8, 4) is 11.5 Å². The van der Waals surface area contributed by atoms with Crippen LogP contribution in [-0.2, 0) is 9.59 Å². The Kier molecular flexibility index (Phi) is 6.29. The Morgan fingerprint density at radius 3 is 1.48 bits per heavy atom. The molecule has 0 spiro atoms. The second kappa shape index (κ2) is 8.64. The zero-order chi connectivity index (χ0) is 18.2. The molecule has 0 N–H and O–H groups in total. The van der Waals surface area contributed by atoms with E-state index < -0.39 is 11.9 Å². The third kappa shape index (κ3) is 4.91. The normalized spacial score (nSPS) is 10.2. The maximum atomic E-state index is 11.2. The van der Waals surface area contributed by atoms with Crippen LogP contribution in [0.2, 0.25) is 0 Å². The van der Waals surface area contributed by atoms with E-state index in [4.69, 9.17) is 9.47 Å². The van der Waals surface area contributed by atoms with E-state index in [2.05, 4.69) is 20.1 Å². The highest BCUT2D eigenvalue weighted by atomic mass is 16.5. The lowest BCUT2D eigenvalue weighted by Gasteiger charge is -2.17. The molecule has 0 radical (unpaired) electrons. The highest BCUT2D eigenvalue weighted by Gasteiger charge is 2.13. The third-order valence-corrected chi connectivity index (χ3v) is 3.74. The van der Waals surface area contributed by atoms with Crippen molar-refractivity contribution in [2.24, 2.45) is 0 Å². The summed E-state index contributed by atoms with van der Waals surface area (Å²) in [5.41, 5.74) is 2.22. The summed E-state index contributed by atoms with van der Waals surface area (Å²) in [6.45, 7) is 8.85. The number of carbonyl (C=O) groups excluding carboxylic acids is 2. The van der Waals surface area contributed by atoms with Crippen LogP contribution in [0.4, 0.5) is 0 Å². The van der Waals surface area contributed by atoms with Crippen LogP contribution in [0, 0.1) is 0 Å². The molecule has 0 amide bonds. The van der Waals surface area contributed by atoms with Crippen molar-refractivity contribution < 1.29 is 19.1 Å². The van der Waals surface area contributed by atoms with Crippen LogP contribution >= 0.6 is 0 Å². The van der Waals surface area contributed by atoms with Gasteiger partial charge in [-0.15, -0.1) is 0 Å². The Morgan fingerprint density at radius 2 is 1.20 bits per heavy atom. The SMILES string of the molecule is C=CC(=O)Oc1ccc(C(CC)c2ccc(OC(=O)C=C)cc2)cc1. The molecule has 2 aromatic carbocycles. The Morgan fingerprint density at radius 1 is 0.840 bits per heavy atom. The maximum absolute atomic E-state index is 11.2. The van der Waals surface area contributed by atoms with Crippen LogP contribution in [0.15, 0.2) is 73.8 Å². The number of hydrogen-bond acceptors (Lipinski definition) is 4. The van der Waals surface area contributed by atoms with Gasteiger partial charge in [0.25, 0.3) is 0 Å². The monoisotopic (exact) mass is 336 g/mol. The highest BCUT2D eigenvalue weighted by molar-refractivity contribution is 5.83. The van der Waals surface area contributed by atoms with E-state index in [1.54, 1.807) is 24.3 Å².